The summed E-state index contributed by atoms with van der Waals surface area (Å²) in [5, 5.41) is 0. The van der Waals surface area contributed by atoms with Gasteiger partial charge in [-0.25, -0.2) is 9.59 Å². The van der Waals surface area contributed by atoms with Crippen LogP contribution in [0.3, 0.4) is 0 Å². The molecule has 416 valence electrons. The topological polar surface area (TPSA) is 114 Å². The number of alkyl halides is 6. The number of ether oxygens (including phenoxy) is 8. The van der Waals surface area contributed by atoms with Crippen LogP contribution in [0, 0.1) is 23.7 Å². The van der Waals surface area contributed by atoms with Crippen LogP contribution in [-0.4, -0.2) is 115 Å². The molecule has 4 aromatic carbocycles. The van der Waals surface area contributed by atoms with E-state index in [4.69, 9.17) is 37.9 Å². The molecule has 0 bridgehead atoms. The summed E-state index contributed by atoms with van der Waals surface area (Å²) in [7, 11) is 8.10. The molecule has 0 spiro atoms. The van der Waals surface area contributed by atoms with Crippen LogP contribution < -0.4 is 18.9 Å². The average Bonchev–Trinajstić information content (AvgIpc) is 3.39. The Hall–Kier alpha value is -5.56. The number of carbonyl (C=O) groups excluding carboxylic acids is 2. The highest BCUT2D eigenvalue weighted by atomic mass is 19.4. The summed E-state index contributed by atoms with van der Waals surface area (Å²) in [6.45, 7) is 11.1. The normalized spacial score (nSPS) is 23.2. The van der Waals surface area contributed by atoms with Crippen molar-refractivity contribution in [3.8, 4) is 23.0 Å². The number of fused-ring (bicyclic) bond motifs is 6. The lowest BCUT2D eigenvalue weighted by molar-refractivity contribution is -0.280. The van der Waals surface area contributed by atoms with Crippen LogP contribution in [0.1, 0.15) is 98.8 Å². The van der Waals surface area contributed by atoms with Crippen molar-refractivity contribution in [2.45, 2.75) is 114 Å². The van der Waals surface area contributed by atoms with E-state index in [0.717, 1.165) is 75.2 Å². The van der Waals surface area contributed by atoms with E-state index in [1.165, 1.54) is 48.5 Å². The van der Waals surface area contributed by atoms with Gasteiger partial charge in [-0.3, -0.25) is 9.80 Å². The van der Waals surface area contributed by atoms with Crippen LogP contribution in [0.5, 0.6) is 23.0 Å². The first-order valence-electron chi connectivity index (χ1n) is 25.9. The lowest BCUT2D eigenvalue weighted by atomic mass is 9.79. The van der Waals surface area contributed by atoms with Crippen LogP contribution >= 0.6 is 0 Å². The van der Waals surface area contributed by atoms with Gasteiger partial charge in [0, 0.05) is 88.3 Å². The molecule has 0 amide bonds. The minimum atomic E-state index is -5.02. The fourth-order valence-electron chi connectivity index (χ4n) is 12.0. The molecule has 8 rings (SSSR count). The number of nitrogens with zero attached hydrogens (tertiary/aromatic N) is 2. The lowest BCUT2D eigenvalue weighted by Crippen LogP contribution is -2.55. The van der Waals surface area contributed by atoms with Crippen LogP contribution in [0.15, 0.2) is 84.9 Å². The largest absolute Gasteiger partial charge is 0.493 e. The van der Waals surface area contributed by atoms with Gasteiger partial charge in [0.25, 0.3) is 11.2 Å². The summed E-state index contributed by atoms with van der Waals surface area (Å²) in [5.74, 6) is -0.0974. The van der Waals surface area contributed by atoms with E-state index in [0.29, 0.717) is 48.9 Å². The van der Waals surface area contributed by atoms with E-state index < -0.39 is 47.7 Å². The molecular weight excluding hydrogens is 999 g/mol. The number of esters is 2. The second-order valence-corrected chi connectivity index (χ2v) is 21.0. The van der Waals surface area contributed by atoms with Crippen molar-refractivity contribution in [1.82, 2.24) is 9.80 Å². The van der Waals surface area contributed by atoms with Gasteiger partial charge < -0.3 is 37.9 Å². The Morgan fingerprint density at radius 1 is 0.526 bits per heavy atom. The molecule has 0 aromatic heterocycles. The number of hydrogen-bond acceptors (Lipinski definition) is 12. The Labute approximate surface area is 442 Å². The molecule has 0 N–H and O–H groups in total. The minimum absolute atomic E-state index is 0.115. The van der Waals surface area contributed by atoms with Crippen LogP contribution in [-0.2, 0) is 52.6 Å². The van der Waals surface area contributed by atoms with Crippen molar-refractivity contribution < 1.29 is 73.8 Å². The quantitative estimate of drug-likeness (QED) is 0.0786. The second-order valence-electron chi connectivity index (χ2n) is 21.0. The molecule has 0 saturated carbocycles. The number of benzene rings is 4. The predicted octanol–water partition coefficient (Wildman–Crippen LogP) is 11.4. The monoisotopic (exact) mass is 1070 g/mol. The van der Waals surface area contributed by atoms with Gasteiger partial charge in [0.15, 0.2) is 23.0 Å². The standard InChI is InChI=1S/2C29H36F3NO5/c2*1-18(2)13-20-17-33-12-11-19-14-25(35-3)26(36-4)15-22(19)23(33)16-24(20)38-27(34)28(37-5,29(30,31)32)21-9-7-6-8-10-21/h2*6-10,14-15,18,20,23-24H,11-13,16-17H2,1-5H3/t2*20-,23+,24+,28+/m10/s1. The Bertz CT molecular complexity index is 2420. The molecule has 0 aliphatic carbocycles. The van der Waals surface area contributed by atoms with Crippen LogP contribution in [0.4, 0.5) is 26.3 Å². The molecule has 4 aliphatic rings. The second kappa shape index (κ2) is 24.0. The maximum Gasteiger partial charge on any atom is 0.432 e. The maximum absolute atomic E-state index is 14.5. The van der Waals surface area contributed by atoms with Crippen molar-refractivity contribution >= 4 is 11.9 Å². The van der Waals surface area contributed by atoms with Gasteiger partial charge in [-0.15, -0.1) is 0 Å². The van der Waals surface area contributed by atoms with Gasteiger partial charge in [-0.2, -0.15) is 26.3 Å². The van der Waals surface area contributed by atoms with E-state index in [2.05, 4.69) is 37.5 Å². The first-order chi connectivity index (χ1) is 36.1. The number of piperidine rings is 2. The molecule has 0 unspecified atom stereocenters. The van der Waals surface area contributed by atoms with E-state index in [1.807, 2.05) is 24.3 Å². The Morgan fingerprint density at radius 2 is 0.855 bits per heavy atom. The summed E-state index contributed by atoms with van der Waals surface area (Å²) >= 11 is 0. The van der Waals surface area contributed by atoms with Crippen molar-refractivity contribution in [3.05, 3.63) is 118 Å². The lowest BCUT2D eigenvalue weighted by Gasteiger charge is -2.47. The molecule has 18 heteroatoms. The van der Waals surface area contributed by atoms with Crippen molar-refractivity contribution in [3.63, 3.8) is 0 Å². The average molecular weight is 1070 g/mol. The van der Waals surface area contributed by atoms with Crippen molar-refractivity contribution in [2.24, 2.45) is 23.7 Å². The Balaban J connectivity index is 0.000000221. The molecule has 2 saturated heterocycles. The van der Waals surface area contributed by atoms with Crippen molar-refractivity contribution in [2.75, 3.05) is 68.8 Å². The zero-order valence-corrected chi connectivity index (χ0v) is 45.0. The van der Waals surface area contributed by atoms with Gasteiger partial charge >= 0.3 is 24.3 Å². The highest BCUT2D eigenvalue weighted by Crippen LogP contribution is 2.50. The molecule has 2 fully saturated rings. The molecule has 0 radical (unpaired) electrons. The number of halogens is 6. The number of carbonyl (C=O) groups is 2. The molecule has 4 aliphatic heterocycles. The first kappa shape index (κ1) is 58.1. The summed E-state index contributed by atoms with van der Waals surface area (Å²) in [6, 6.07) is 21.5. The summed E-state index contributed by atoms with van der Waals surface area (Å²) in [5.41, 5.74) is -2.80. The Kier molecular flexibility index (Phi) is 18.3. The first-order valence-corrected chi connectivity index (χ1v) is 25.9. The van der Waals surface area contributed by atoms with E-state index >= 15 is 0 Å². The van der Waals surface area contributed by atoms with Gasteiger partial charge in [0.05, 0.1) is 28.4 Å². The molecule has 76 heavy (non-hydrogen) atoms. The molecular formula is C58H72F6N2O10. The maximum atomic E-state index is 14.5. The number of rotatable bonds is 16. The zero-order valence-electron chi connectivity index (χ0n) is 45.0. The van der Waals surface area contributed by atoms with Crippen LogP contribution in [0.2, 0.25) is 0 Å². The van der Waals surface area contributed by atoms with Crippen molar-refractivity contribution in [1.29, 1.82) is 0 Å². The fraction of sp³-hybridized carbons (Fsp3) is 0.552. The molecule has 8 atom stereocenters. The van der Waals surface area contributed by atoms with E-state index in [1.54, 1.807) is 40.6 Å². The van der Waals surface area contributed by atoms with Gasteiger partial charge in [0.1, 0.15) is 12.2 Å². The fourth-order valence-corrected chi connectivity index (χ4v) is 12.0. The smallest absolute Gasteiger partial charge is 0.432 e. The van der Waals surface area contributed by atoms with E-state index in [-0.39, 0.29) is 46.9 Å². The number of methoxy groups -OCH3 is 6. The third-order valence-corrected chi connectivity index (χ3v) is 15.5. The number of hydrogen-bond donors (Lipinski definition) is 0. The van der Waals surface area contributed by atoms with Crippen LogP contribution in [0.25, 0.3) is 0 Å². The summed E-state index contributed by atoms with van der Waals surface area (Å²) < 4.78 is 131. The van der Waals surface area contributed by atoms with E-state index in [9.17, 15) is 35.9 Å². The molecule has 4 heterocycles. The SMILES string of the molecule is COc1cc2c(cc1OC)[C@@H]1C[C@H](OC(=O)[C@@](OC)(c3ccccc3)C(F)(F)F)[C@H](CC(C)C)CN1CC2.COc1cc2c(cc1OC)[C@H]1C[C@@H](OC(=O)[C@](OC)(c3ccccc3)C(F)(F)F)[C@@H](CC(C)C)CN1CC2. The summed E-state index contributed by atoms with van der Waals surface area (Å²) in [4.78, 5) is 31.7. The molecule has 12 nitrogen and oxygen atoms in total. The highest BCUT2D eigenvalue weighted by Gasteiger charge is 2.66. The van der Waals surface area contributed by atoms with Gasteiger partial charge in [-0.1, -0.05) is 88.4 Å². The van der Waals surface area contributed by atoms with Gasteiger partial charge in [0.2, 0.25) is 0 Å². The third-order valence-electron chi connectivity index (χ3n) is 15.5. The van der Waals surface area contributed by atoms with Gasteiger partial charge in [-0.05, 0) is 84.0 Å². The predicted molar refractivity (Wildman–Crippen MR) is 272 cm³/mol. The Morgan fingerprint density at radius 3 is 1.14 bits per heavy atom. The molecule has 4 aromatic rings. The zero-order chi connectivity index (χ0) is 55.3. The third kappa shape index (κ3) is 11.5. The summed E-state index contributed by atoms with van der Waals surface area (Å²) in [6.07, 6.45) is -7.65. The highest BCUT2D eigenvalue weighted by molar-refractivity contribution is 5.83. The minimum Gasteiger partial charge on any atom is -0.493 e.